The summed E-state index contributed by atoms with van der Waals surface area (Å²) >= 11 is 0. The molecule has 0 aliphatic carbocycles. The molecule has 0 radical (unpaired) electrons. The predicted molar refractivity (Wildman–Crippen MR) is 93.6 cm³/mol. The maximum absolute atomic E-state index is 10.5. The normalized spacial score (nSPS) is 12.4. The van der Waals surface area contributed by atoms with Crippen LogP contribution in [0.3, 0.4) is 0 Å². The van der Waals surface area contributed by atoms with Crippen molar-refractivity contribution in [3.05, 3.63) is 77.9 Å². The standard InChI is InChI=1S/C20H21NO2/c22-13-12-21-18(14-15-6-2-1-3-7-15)20-17-9-5-4-8-16(17)10-11-19(20)23/h1-11,18,21-23H,12-14H2/t18-/m1/s1. The summed E-state index contributed by atoms with van der Waals surface area (Å²) in [7, 11) is 0. The van der Waals surface area contributed by atoms with Crippen molar-refractivity contribution < 1.29 is 10.2 Å². The van der Waals surface area contributed by atoms with Gasteiger partial charge >= 0.3 is 0 Å². The first-order valence-corrected chi connectivity index (χ1v) is 7.88. The molecule has 3 aromatic carbocycles. The summed E-state index contributed by atoms with van der Waals surface area (Å²) < 4.78 is 0. The number of fused-ring (bicyclic) bond motifs is 1. The van der Waals surface area contributed by atoms with E-state index in [1.54, 1.807) is 6.07 Å². The molecule has 0 aliphatic heterocycles. The number of hydrogen-bond donors (Lipinski definition) is 3. The van der Waals surface area contributed by atoms with Crippen molar-refractivity contribution in [3.8, 4) is 5.75 Å². The fourth-order valence-electron chi connectivity index (χ4n) is 3.02. The third-order valence-corrected chi connectivity index (χ3v) is 4.08. The molecule has 3 heteroatoms. The Kier molecular flexibility index (Phi) is 4.91. The molecule has 0 aliphatic rings. The van der Waals surface area contributed by atoms with Crippen molar-refractivity contribution in [1.29, 1.82) is 0 Å². The van der Waals surface area contributed by atoms with E-state index in [1.165, 1.54) is 5.56 Å². The summed E-state index contributed by atoms with van der Waals surface area (Å²) in [5.74, 6) is 0.287. The topological polar surface area (TPSA) is 52.5 Å². The van der Waals surface area contributed by atoms with Gasteiger partial charge in [-0.3, -0.25) is 0 Å². The van der Waals surface area contributed by atoms with Gasteiger partial charge in [0.2, 0.25) is 0 Å². The van der Waals surface area contributed by atoms with Crippen LogP contribution in [0.4, 0.5) is 0 Å². The van der Waals surface area contributed by atoms with Crippen LogP contribution in [0.5, 0.6) is 5.75 Å². The molecule has 0 aromatic heterocycles. The van der Waals surface area contributed by atoms with Crippen LogP contribution >= 0.6 is 0 Å². The van der Waals surface area contributed by atoms with Gasteiger partial charge in [-0.1, -0.05) is 60.7 Å². The zero-order valence-corrected chi connectivity index (χ0v) is 12.9. The molecule has 118 valence electrons. The number of aliphatic hydroxyl groups excluding tert-OH is 1. The van der Waals surface area contributed by atoms with Gasteiger partial charge in [0.25, 0.3) is 0 Å². The minimum atomic E-state index is -0.0596. The molecule has 0 amide bonds. The zero-order valence-electron chi connectivity index (χ0n) is 12.9. The SMILES string of the molecule is OCCN[C@H](Cc1ccccc1)c1c(O)ccc2ccccc12. The summed E-state index contributed by atoms with van der Waals surface area (Å²) in [5, 5.41) is 25.1. The monoisotopic (exact) mass is 307 g/mol. The van der Waals surface area contributed by atoms with Crippen LogP contribution < -0.4 is 5.32 Å². The minimum absolute atomic E-state index is 0.0596. The lowest BCUT2D eigenvalue weighted by Gasteiger charge is -2.22. The van der Waals surface area contributed by atoms with E-state index in [9.17, 15) is 10.2 Å². The van der Waals surface area contributed by atoms with Crippen LogP contribution in [0.25, 0.3) is 10.8 Å². The fourth-order valence-corrected chi connectivity index (χ4v) is 3.02. The van der Waals surface area contributed by atoms with Crippen LogP contribution in [0, 0.1) is 0 Å². The highest BCUT2D eigenvalue weighted by atomic mass is 16.3. The highest BCUT2D eigenvalue weighted by molar-refractivity contribution is 5.88. The molecule has 3 N–H and O–H groups in total. The summed E-state index contributed by atoms with van der Waals surface area (Å²) in [6.45, 7) is 0.553. The van der Waals surface area contributed by atoms with Crippen molar-refractivity contribution in [2.45, 2.75) is 12.5 Å². The molecule has 0 heterocycles. The molecule has 0 saturated carbocycles. The Balaban J connectivity index is 2.04. The Morgan fingerprint density at radius 2 is 1.61 bits per heavy atom. The molecule has 3 rings (SSSR count). The summed E-state index contributed by atoms with van der Waals surface area (Å²) in [6.07, 6.45) is 0.752. The average molecular weight is 307 g/mol. The molecule has 0 bridgehead atoms. The Bertz CT molecular complexity index is 771. The fraction of sp³-hybridized carbons (Fsp3) is 0.200. The van der Waals surface area contributed by atoms with E-state index >= 15 is 0 Å². The Morgan fingerprint density at radius 1 is 0.870 bits per heavy atom. The Hall–Kier alpha value is -2.36. The van der Waals surface area contributed by atoms with Crippen molar-refractivity contribution in [2.75, 3.05) is 13.2 Å². The van der Waals surface area contributed by atoms with Gasteiger partial charge in [-0.05, 0) is 28.8 Å². The summed E-state index contributed by atoms with van der Waals surface area (Å²) in [5.41, 5.74) is 2.08. The molecule has 3 aromatic rings. The smallest absolute Gasteiger partial charge is 0.121 e. The number of hydrogen-bond acceptors (Lipinski definition) is 3. The first-order valence-electron chi connectivity index (χ1n) is 7.88. The van der Waals surface area contributed by atoms with E-state index in [-0.39, 0.29) is 18.4 Å². The third-order valence-electron chi connectivity index (χ3n) is 4.08. The van der Waals surface area contributed by atoms with Crippen molar-refractivity contribution in [3.63, 3.8) is 0 Å². The van der Waals surface area contributed by atoms with E-state index in [1.807, 2.05) is 48.5 Å². The number of phenolic OH excluding ortho intramolecular Hbond substituents is 1. The van der Waals surface area contributed by atoms with E-state index in [0.29, 0.717) is 6.54 Å². The predicted octanol–water partition coefficient (Wildman–Crippen LogP) is 3.41. The Labute approximate surface area is 136 Å². The lowest BCUT2D eigenvalue weighted by Crippen LogP contribution is -2.26. The van der Waals surface area contributed by atoms with Crippen LogP contribution in [0.1, 0.15) is 17.2 Å². The highest BCUT2D eigenvalue weighted by Gasteiger charge is 2.18. The molecule has 0 spiro atoms. The van der Waals surface area contributed by atoms with Gasteiger partial charge in [0.1, 0.15) is 5.75 Å². The molecule has 0 fully saturated rings. The molecule has 23 heavy (non-hydrogen) atoms. The minimum Gasteiger partial charge on any atom is -0.508 e. The van der Waals surface area contributed by atoms with E-state index in [4.69, 9.17) is 0 Å². The maximum Gasteiger partial charge on any atom is 0.121 e. The summed E-state index contributed by atoms with van der Waals surface area (Å²) in [6, 6.07) is 21.9. The van der Waals surface area contributed by atoms with Gasteiger partial charge in [-0.2, -0.15) is 0 Å². The number of aromatic hydroxyl groups is 1. The van der Waals surface area contributed by atoms with Crippen LogP contribution in [-0.2, 0) is 6.42 Å². The third kappa shape index (κ3) is 3.52. The number of phenols is 1. The second kappa shape index (κ2) is 7.27. The van der Waals surface area contributed by atoms with E-state index in [0.717, 1.165) is 22.8 Å². The first-order chi connectivity index (χ1) is 11.3. The molecule has 0 saturated heterocycles. The maximum atomic E-state index is 10.5. The van der Waals surface area contributed by atoms with E-state index in [2.05, 4.69) is 17.4 Å². The Morgan fingerprint density at radius 3 is 2.39 bits per heavy atom. The highest BCUT2D eigenvalue weighted by Crippen LogP contribution is 2.34. The van der Waals surface area contributed by atoms with Crippen molar-refractivity contribution in [1.82, 2.24) is 5.32 Å². The molecular formula is C20H21NO2. The van der Waals surface area contributed by atoms with Gasteiger partial charge in [0, 0.05) is 18.2 Å². The number of aliphatic hydroxyl groups is 1. The molecule has 3 nitrogen and oxygen atoms in total. The van der Waals surface area contributed by atoms with Crippen LogP contribution in [0.2, 0.25) is 0 Å². The average Bonchev–Trinajstić information content (AvgIpc) is 2.60. The van der Waals surface area contributed by atoms with Gasteiger partial charge in [0.15, 0.2) is 0 Å². The molecular weight excluding hydrogens is 286 g/mol. The van der Waals surface area contributed by atoms with Gasteiger partial charge in [-0.25, -0.2) is 0 Å². The number of nitrogens with one attached hydrogen (secondary N) is 1. The molecule has 1 atom stereocenters. The van der Waals surface area contributed by atoms with Crippen LogP contribution in [-0.4, -0.2) is 23.4 Å². The summed E-state index contributed by atoms with van der Waals surface area (Å²) in [4.78, 5) is 0. The first kappa shape index (κ1) is 15.5. The quantitative estimate of drug-likeness (QED) is 0.654. The van der Waals surface area contributed by atoms with Gasteiger partial charge < -0.3 is 15.5 Å². The van der Waals surface area contributed by atoms with Crippen LogP contribution in [0.15, 0.2) is 66.7 Å². The van der Waals surface area contributed by atoms with Crippen molar-refractivity contribution >= 4 is 10.8 Å². The number of benzene rings is 3. The lowest BCUT2D eigenvalue weighted by molar-refractivity contribution is 0.283. The molecule has 0 unspecified atom stereocenters. The number of rotatable bonds is 6. The zero-order chi connectivity index (χ0) is 16.1. The van der Waals surface area contributed by atoms with E-state index < -0.39 is 0 Å². The van der Waals surface area contributed by atoms with Gasteiger partial charge in [-0.15, -0.1) is 0 Å². The van der Waals surface area contributed by atoms with Gasteiger partial charge in [0.05, 0.1) is 6.61 Å². The second-order valence-electron chi connectivity index (χ2n) is 5.64. The lowest BCUT2D eigenvalue weighted by atomic mass is 9.93. The van der Waals surface area contributed by atoms with Crippen molar-refractivity contribution in [2.24, 2.45) is 0 Å². The largest absolute Gasteiger partial charge is 0.508 e. The second-order valence-corrected chi connectivity index (χ2v) is 5.64.